The summed E-state index contributed by atoms with van der Waals surface area (Å²) in [5.41, 5.74) is 1.95. The van der Waals surface area contributed by atoms with Crippen molar-refractivity contribution in [1.29, 1.82) is 0 Å². The fourth-order valence-electron chi connectivity index (χ4n) is 1.47. The van der Waals surface area contributed by atoms with Crippen molar-refractivity contribution in [2.24, 2.45) is 0 Å². The van der Waals surface area contributed by atoms with Crippen molar-refractivity contribution < 1.29 is 4.79 Å². The van der Waals surface area contributed by atoms with Crippen LogP contribution >= 0.6 is 0 Å². The van der Waals surface area contributed by atoms with Gasteiger partial charge < -0.3 is 5.32 Å². The highest BCUT2D eigenvalue weighted by Crippen LogP contribution is 2.10. The van der Waals surface area contributed by atoms with Gasteiger partial charge in [0.25, 0.3) is 0 Å². The lowest BCUT2D eigenvalue weighted by Gasteiger charge is -2.03. The number of rotatable bonds is 5. The van der Waals surface area contributed by atoms with Gasteiger partial charge in [0.2, 0.25) is 6.41 Å². The van der Waals surface area contributed by atoms with Gasteiger partial charge in [-0.2, -0.15) is 15.0 Å². The molecule has 16 heavy (non-hydrogen) atoms. The largest absolute Gasteiger partial charge is 0.329 e. The van der Waals surface area contributed by atoms with E-state index in [4.69, 9.17) is 0 Å². The maximum absolute atomic E-state index is 10.3. The van der Waals surface area contributed by atoms with Crippen LogP contribution in [0.1, 0.15) is 5.56 Å². The van der Waals surface area contributed by atoms with Gasteiger partial charge >= 0.3 is 0 Å². The van der Waals surface area contributed by atoms with Crippen LogP contribution in [0.5, 0.6) is 0 Å². The Hall–Kier alpha value is -2.17. The van der Waals surface area contributed by atoms with Crippen LogP contribution in [0.25, 0.3) is 0 Å². The van der Waals surface area contributed by atoms with Gasteiger partial charge in [-0.1, -0.05) is 12.1 Å². The van der Waals surface area contributed by atoms with Crippen molar-refractivity contribution in [2.75, 3.05) is 5.32 Å². The molecule has 1 aromatic carbocycles. The average molecular weight is 216 g/mol. The SMILES string of the molecule is O=CNc1cccc(CCn2nccn2)c1. The second kappa shape index (κ2) is 5.06. The lowest BCUT2D eigenvalue weighted by molar-refractivity contribution is -0.105. The van der Waals surface area contributed by atoms with E-state index in [9.17, 15) is 4.79 Å². The average Bonchev–Trinajstić information content (AvgIpc) is 2.80. The Morgan fingerprint density at radius 1 is 1.31 bits per heavy atom. The minimum absolute atomic E-state index is 0.675. The van der Waals surface area contributed by atoms with Gasteiger partial charge in [0.15, 0.2) is 0 Å². The third-order valence-electron chi connectivity index (χ3n) is 2.22. The lowest BCUT2D eigenvalue weighted by atomic mass is 10.1. The van der Waals surface area contributed by atoms with Gasteiger partial charge in [-0.05, 0) is 24.1 Å². The first-order valence-corrected chi connectivity index (χ1v) is 5.02. The lowest BCUT2D eigenvalue weighted by Crippen LogP contribution is -2.05. The zero-order valence-electron chi connectivity index (χ0n) is 8.71. The Balaban J connectivity index is 1.98. The van der Waals surface area contributed by atoms with Crippen molar-refractivity contribution in [3.63, 3.8) is 0 Å². The van der Waals surface area contributed by atoms with Crippen LogP contribution in [0.3, 0.4) is 0 Å². The number of anilines is 1. The molecule has 0 aliphatic heterocycles. The van der Waals surface area contributed by atoms with Crippen LogP contribution in [0.15, 0.2) is 36.7 Å². The van der Waals surface area contributed by atoms with Gasteiger partial charge in [0, 0.05) is 5.69 Å². The minimum Gasteiger partial charge on any atom is -0.329 e. The maximum Gasteiger partial charge on any atom is 0.211 e. The smallest absolute Gasteiger partial charge is 0.211 e. The molecule has 5 nitrogen and oxygen atoms in total. The second-order valence-corrected chi connectivity index (χ2v) is 3.34. The number of hydrogen-bond acceptors (Lipinski definition) is 3. The summed E-state index contributed by atoms with van der Waals surface area (Å²) < 4.78 is 0. The molecule has 0 unspecified atom stereocenters. The van der Waals surface area contributed by atoms with E-state index in [0.29, 0.717) is 6.41 Å². The van der Waals surface area contributed by atoms with Crippen molar-refractivity contribution >= 4 is 12.1 Å². The van der Waals surface area contributed by atoms with Crippen LogP contribution in [-0.4, -0.2) is 21.4 Å². The zero-order valence-corrected chi connectivity index (χ0v) is 8.71. The monoisotopic (exact) mass is 216 g/mol. The normalized spacial score (nSPS) is 10.0. The van der Waals surface area contributed by atoms with Crippen molar-refractivity contribution in [2.45, 2.75) is 13.0 Å². The molecular formula is C11H12N4O. The molecule has 0 aliphatic carbocycles. The van der Waals surface area contributed by atoms with Crippen LogP contribution < -0.4 is 5.32 Å². The summed E-state index contributed by atoms with van der Waals surface area (Å²) in [6.45, 7) is 0.734. The highest BCUT2D eigenvalue weighted by Gasteiger charge is 1.97. The van der Waals surface area contributed by atoms with E-state index in [0.717, 1.165) is 24.2 Å². The number of carbonyl (C=O) groups is 1. The van der Waals surface area contributed by atoms with E-state index in [1.165, 1.54) is 0 Å². The fourth-order valence-corrected chi connectivity index (χ4v) is 1.47. The molecule has 0 fully saturated rings. The second-order valence-electron chi connectivity index (χ2n) is 3.34. The van der Waals surface area contributed by atoms with Crippen molar-refractivity contribution in [1.82, 2.24) is 15.0 Å². The Kier molecular flexibility index (Phi) is 3.28. The predicted octanol–water partition coefficient (Wildman–Crippen LogP) is 1.09. The number of carbonyl (C=O) groups excluding carboxylic acids is 1. The third kappa shape index (κ3) is 2.66. The number of nitrogens with zero attached hydrogens (tertiary/aromatic N) is 3. The third-order valence-corrected chi connectivity index (χ3v) is 2.22. The first kappa shape index (κ1) is 10.4. The predicted molar refractivity (Wildman–Crippen MR) is 59.9 cm³/mol. The number of aryl methyl sites for hydroxylation is 2. The molecule has 0 saturated carbocycles. The summed E-state index contributed by atoms with van der Waals surface area (Å²) in [4.78, 5) is 11.9. The van der Waals surface area contributed by atoms with Gasteiger partial charge in [-0.3, -0.25) is 4.79 Å². The summed E-state index contributed by atoms with van der Waals surface area (Å²) in [5.74, 6) is 0. The highest BCUT2D eigenvalue weighted by molar-refractivity contribution is 5.71. The first-order valence-electron chi connectivity index (χ1n) is 5.02. The fraction of sp³-hybridized carbons (Fsp3) is 0.182. The molecule has 0 aliphatic rings. The van der Waals surface area contributed by atoms with E-state index in [1.54, 1.807) is 17.2 Å². The van der Waals surface area contributed by atoms with E-state index in [-0.39, 0.29) is 0 Å². The number of amides is 1. The van der Waals surface area contributed by atoms with Crippen molar-refractivity contribution in [3.8, 4) is 0 Å². The quantitative estimate of drug-likeness (QED) is 0.761. The van der Waals surface area contributed by atoms with Crippen LogP contribution in [0.2, 0.25) is 0 Å². The molecular weight excluding hydrogens is 204 g/mol. The molecule has 0 atom stereocenters. The van der Waals surface area contributed by atoms with Gasteiger partial charge in [-0.15, -0.1) is 0 Å². The summed E-state index contributed by atoms with van der Waals surface area (Å²) in [7, 11) is 0. The first-order chi connectivity index (χ1) is 7.88. The van der Waals surface area contributed by atoms with Crippen LogP contribution in [0, 0.1) is 0 Å². The summed E-state index contributed by atoms with van der Waals surface area (Å²) >= 11 is 0. The van der Waals surface area contributed by atoms with Crippen molar-refractivity contribution in [3.05, 3.63) is 42.2 Å². The molecule has 1 amide bonds. The minimum atomic E-state index is 0.675. The summed E-state index contributed by atoms with van der Waals surface area (Å²) in [6.07, 6.45) is 4.83. The molecule has 2 rings (SSSR count). The van der Waals surface area contributed by atoms with Gasteiger partial charge in [-0.25, -0.2) is 0 Å². The van der Waals surface area contributed by atoms with Gasteiger partial charge in [0.1, 0.15) is 0 Å². The summed E-state index contributed by atoms with van der Waals surface area (Å²) in [6, 6.07) is 7.72. The Bertz CT molecular complexity index is 453. The molecule has 0 saturated heterocycles. The molecule has 1 N–H and O–H groups in total. The molecule has 5 heteroatoms. The van der Waals surface area contributed by atoms with E-state index in [1.807, 2.05) is 24.3 Å². The number of benzene rings is 1. The molecule has 0 radical (unpaired) electrons. The van der Waals surface area contributed by atoms with Gasteiger partial charge in [0.05, 0.1) is 18.9 Å². The maximum atomic E-state index is 10.3. The number of nitrogens with one attached hydrogen (secondary N) is 1. The summed E-state index contributed by atoms with van der Waals surface area (Å²) in [5, 5.41) is 10.7. The van der Waals surface area contributed by atoms with Crippen LogP contribution in [-0.2, 0) is 17.8 Å². The van der Waals surface area contributed by atoms with E-state index >= 15 is 0 Å². The Morgan fingerprint density at radius 3 is 2.88 bits per heavy atom. The van der Waals surface area contributed by atoms with Crippen LogP contribution in [0.4, 0.5) is 5.69 Å². The molecule has 1 heterocycles. The zero-order chi connectivity index (χ0) is 11.2. The molecule has 0 spiro atoms. The molecule has 82 valence electrons. The molecule has 2 aromatic rings. The Labute approximate surface area is 93.1 Å². The highest BCUT2D eigenvalue weighted by atomic mass is 16.1. The van der Waals surface area contributed by atoms with E-state index < -0.39 is 0 Å². The number of aromatic nitrogens is 3. The van der Waals surface area contributed by atoms with E-state index in [2.05, 4.69) is 15.5 Å². The molecule has 1 aromatic heterocycles. The number of hydrogen-bond donors (Lipinski definition) is 1. The molecule has 0 bridgehead atoms. The topological polar surface area (TPSA) is 59.8 Å². The Morgan fingerprint density at radius 2 is 2.12 bits per heavy atom. The standard InChI is InChI=1S/C11H12N4O/c16-9-12-11-3-1-2-10(8-11)4-7-15-13-5-6-14-15/h1-3,5-6,8-9H,4,7H2,(H,12,16).